The molecule has 0 aromatic carbocycles. The molecule has 0 radical (unpaired) electrons. The molecule has 1 aromatic heterocycles. The van der Waals surface area contributed by atoms with Crippen LogP contribution in [0.3, 0.4) is 0 Å². The highest BCUT2D eigenvalue weighted by Crippen LogP contribution is 2.24. The first-order valence-electron chi connectivity index (χ1n) is 4.78. The van der Waals surface area contributed by atoms with Gasteiger partial charge < -0.3 is 10.1 Å². The fourth-order valence-corrected chi connectivity index (χ4v) is 2.29. The van der Waals surface area contributed by atoms with Crippen LogP contribution in [0, 0.1) is 13.8 Å². The van der Waals surface area contributed by atoms with Crippen LogP contribution in [0.5, 0.6) is 0 Å². The van der Waals surface area contributed by atoms with Gasteiger partial charge in [0.15, 0.2) is 0 Å². The third-order valence-corrected chi connectivity index (χ3v) is 3.31. The first kappa shape index (κ1) is 12.6. The zero-order valence-corrected chi connectivity index (χ0v) is 10.5. The summed E-state index contributed by atoms with van der Waals surface area (Å²) in [5.41, 5.74) is 0.875. The number of nitrogens with zero attached hydrogens (tertiary/aromatic N) is 1. The minimum absolute atomic E-state index is 0.238. The Labute approximate surface area is 97.8 Å². The third kappa shape index (κ3) is 2.79. The van der Waals surface area contributed by atoms with E-state index in [1.165, 1.54) is 18.4 Å². The molecule has 1 amide bonds. The van der Waals surface area contributed by atoms with Crippen molar-refractivity contribution in [3.63, 3.8) is 0 Å². The Hall–Kier alpha value is -1.43. The van der Waals surface area contributed by atoms with Crippen LogP contribution in [-0.4, -0.2) is 24.0 Å². The van der Waals surface area contributed by atoms with Crippen molar-refractivity contribution in [3.05, 3.63) is 15.6 Å². The molecule has 1 heterocycles. The third-order valence-electron chi connectivity index (χ3n) is 2.05. The van der Waals surface area contributed by atoms with Gasteiger partial charge in [-0.05, 0) is 20.8 Å². The first-order valence-corrected chi connectivity index (χ1v) is 5.60. The SMILES string of the molecule is COC(=O)C(=O)NC(C)c1sc(C)nc1C. The van der Waals surface area contributed by atoms with Crippen LogP contribution in [0.4, 0.5) is 0 Å². The van der Waals surface area contributed by atoms with Gasteiger partial charge in [-0.15, -0.1) is 11.3 Å². The van der Waals surface area contributed by atoms with Crippen molar-refractivity contribution >= 4 is 23.2 Å². The smallest absolute Gasteiger partial charge is 0.396 e. The summed E-state index contributed by atoms with van der Waals surface area (Å²) in [4.78, 5) is 27.4. The minimum atomic E-state index is -0.884. The zero-order valence-electron chi connectivity index (χ0n) is 9.66. The molecule has 0 fully saturated rings. The molecule has 0 saturated carbocycles. The van der Waals surface area contributed by atoms with Gasteiger partial charge in [-0.2, -0.15) is 0 Å². The maximum Gasteiger partial charge on any atom is 0.396 e. The summed E-state index contributed by atoms with van der Waals surface area (Å²) in [7, 11) is 1.18. The Morgan fingerprint density at radius 3 is 2.50 bits per heavy atom. The van der Waals surface area contributed by atoms with Gasteiger partial charge in [0.05, 0.1) is 23.9 Å². The molecule has 0 bridgehead atoms. The number of esters is 1. The average Bonchev–Trinajstić information content (AvgIpc) is 2.56. The van der Waals surface area contributed by atoms with E-state index in [0.717, 1.165) is 15.6 Å². The van der Waals surface area contributed by atoms with E-state index >= 15 is 0 Å². The van der Waals surface area contributed by atoms with E-state index in [1.807, 2.05) is 13.8 Å². The largest absolute Gasteiger partial charge is 0.462 e. The predicted octanol–water partition coefficient (Wildman–Crippen LogP) is 1.11. The Kier molecular flexibility index (Phi) is 4.00. The van der Waals surface area contributed by atoms with Crippen molar-refractivity contribution in [1.82, 2.24) is 10.3 Å². The zero-order chi connectivity index (χ0) is 12.3. The quantitative estimate of drug-likeness (QED) is 0.623. The molecule has 88 valence electrons. The number of amides is 1. The Morgan fingerprint density at radius 2 is 2.06 bits per heavy atom. The summed E-state index contributed by atoms with van der Waals surface area (Å²) in [5, 5.41) is 3.49. The number of hydrogen-bond donors (Lipinski definition) is 1. The number of carbonyl (C=O) groups is 2. The summed E-state index contributed by atoms with van der Waals surface area (Å²) in [5.74, 6) is -1.62. The molecule has 0 aliphatic carbocycles. The van der Waals surface area contributed by atoms with Crippen LogP contribution in [-0.2, 0) is 14.3 Å². The molecule has 1 atom stereocenters. The van der Waals surface area contributed by atoms with Gasteiger partial charge in [0, 0.05) is 4.88 Å². The first-order chi connectivity index (χ1) is 7.45. The molecular weight excluding hydrogens is 228 g/mol. The van der Waals surface area contributed by atoms with E-state index in [4.69, 9.17) is 0 Å². The second kappa shape index (κ2) is 5.07. The van der Waals surface area contributed by atoms with Crippen LogP contribution in [0.15, 0.2) is 0 Å². The fourth-order valence-electron chi connectivity index (χ4n) is 1.36. The van der Waals surface area contributed by atoms with Gasteiger partial charge in [0.25, 0.3) is 0 Å². The van der Waals surface area contributed by atoms with E-state index in [-0.39, 0.29) is 6.04 Å². The second-order valence-corrected chi connectivity index (χ2v) is 4.60. The minimum Gasteiger partial charge on any atom is -0.462 e. The molecule has 1 unspecified atom stereocenters. The molecular formula is C10H14N2O3S. The topological polar surface area (TPSA) is 68.3 Å². The van der Waals surface area contributed by atoms with E-state index in [1.54, 1.807) is 6.92 Å². The summed E-state index contributed by atoms with van der Waals surface area (Å²) in [6.45, 7) is 5.58. The van der Waals surface area contributed by atoms with Gasteiger partial charge in [-0.1, -0.05) is 0 Å². The van der Waals surface area contributed by atoms with Crippen molar-refractivity contribution in [3.8, 4) is 0 Å². The highest BCUT2D eigenvalue weighted by atomic mass is 32.1. The van der Waals surface area contributed by atoms with Crippen LogP contribution in [0.2, 0.25) is 0 Å². The number of nitrogens with one attached hydrogen (secondary N) is 1. The van der Waals surface area contributed by atoms with E-state index in [0.29, 0.717) is 0 Å². The number of methoxy groups -OCH3 is 1. The lowest BCUT2D eigenvalue weighted by Crippen LogP contribution is -2.33. The normalized spacial score (nSPS) is 12.0. The molecule has 1 rings (SSSR count). The highest BCUT2D eigenvalue weighted by molar-refractivity contribution is 7.11. The highest BCUT2D eigenvalue weighted by Gasteiger charge is 2.20. The van der Waals surface area contributed by atoms with Gasteiger partial charge in [-0.25, -0.2) is 9.78 Å². The Balaban J connectivity index is 2.72. The van der Waals surface area contributed by atoms with Crippen molar-refractivity contribution in [2.24, 2.45) is 0 Å². The van der Waals surface area contributed by atoms with Gasteiger partial charge >= 0.3 is 11.9 Å². The average molecular weight is 242 g/mol. The Morgan fingerprint density at radius 1 is 1.44 bits per heavy atom. The van der Waals surface area contributed by atoms with Gasteiger partial charge in [-0.3, -0.25) is 4.79 Å². The molecule has 6 heteroatoms. The predicted molar refractivity (Wildman–Crippen MR) is 60.2 cm³/mol. The van der Waals surface area contributed by atoms with E-state index in [9.17, 15) is 9.59 Å². The van der Waals surface area contributed by atoms with Crippen LogP contribution >= 0.6 is 11.3 Å². The lowest BCUT2D eigenvalue weighted by molar-refractivity contribution is -0.153. The number of hydrogen-bond acceptors (Lipinski definition) is 5. The number of carbonyl (C=O) groups excluding carboxylic acids is 2. The van der Waals surface area contributed by atoms with Crippen LogP contribution in [0.25, 0.3) is 0 Å². The lowest BCUT2D eigenvalue weighted by Gasteiger charge is -2.11. The van der Waals surface area contributed by atoms with E-state index in [2.05, 4.69) is 15.0 Å². The van der Waals surface area contributed by atoms with Crippen molar-refractivity contribution in [2.75, 3.05) is 7.11 Å². The van der Waals surface area contributed by atoms with Crippen molar-refractivity contribution < 1.29 is 14.3 Å². The van der Waals surface area contributed by atoms with Crippen LogP contribution in [0.1, 0.15) is 28.5 Å². The molecule has 1 N–H and O–H groups in total. The van der Waals surface area contributed by atoms with Crippen molar-refractivity contribution in [2.45, 2.75) is 26.8 Å². The van der Waals surface area contributed by atoms with Gasteiger partial charge in [0.1, 0.15) is 0 Å². The maximum absolute atomic E-state index is 11.3. The molecule has 1 aromatic rings. The lowest BCUT2D eigenvalue weighted by atomic mass is 10.2. The number of ether oxygens (including phenoxy) is 1. The Bertz CT molecular complexity index is 414. The summed E-state index contributed by atoms with van der Waals surface area (Å²) >= 11 is 1.51. The molecule has 0 saturated heterocycles. The molecule has 16 heavy (non-hydrogen) atoms. The number of aromatic nitrogens is 1. The fraction of sp³-hybridized carbons (Fsp3) is 0.500. The van der Waals surface area contributed by atoms with E-state index < -0.39 is 11.9 Å². The number of aryl methyl sites for hydroxylation is 2. The molecule has 0 spiro atoms. The second-order valence-electron chi connectivity index (χ2n) is 3.37. The molecule has 0 aliphatic heterocycles. The number of thiazole rings is 1. The standard InChI is InChI=1S/C10H14N2O3S/c1-5-8(16-7(3)11-5)6(2)12-9(13)10(14)15-4/h6H,1-4H3,(H,12,13). The van der Waals surface area contributed by atoms with Crippen molar-refractivity contribution in [1.29, 1.82) is 0 Å². The monoisotopic (exact) mass is 242 g/mol. The summed E-state index contributed by atoms with van der Waals surface area (Å²) in [6, 6.07) is -0.238. The van der Waals surface area contributed by atoms with Gasteiger partial charge in [0.2, 0.25) is 0 Å². The van der Waals surface area contributed by atoms with Crippen LogP contribution < -0.4 is 5.32 Å². The summed E-state index contributed by atoms with van der Waals surface area (Å²) in [6.07, 6.45) is 0. The molecule has 5 nitrogen and oxygen atoms in total. The maximum atomic E-state index is 11.3. The molecule has 0 aliphatic rings. The number of rotatable bonds is 2. The summed E-state index contributed by atoms with van der Waals surface area (Å²) < 4.78 is 4.32.